The minimum atomic E-state index is -3.76. The van der Waals surface area contributed by atoms with Crippen molar-refractivity contribution < 1.29 is 27.1 Å². The van der Waals surface area contributed by atoms with E-state index < -0.39 is 21.6 Å². The highest BCUT2D eigenvalue weighted by atomic mass is 35.5. The number of nitrogens with one attached hydrogen (secondary N) is 1. The Bertz CT molecular complexity index is 1420. The summed E-state index contributed by atoms with van der Waals surface area (Å²) in [7, 11) is -2.38. The lowest BCUT2D eigenvalue weighted by atomic mass is 10.1. The monoisotopic (exact) mass is 522 g/mol. The molecule has 4 rings (SSSR count). The second kappa shape index (κ2) is 9.20. The third-order valence-electron chi connectivity index (χ3n) is 4.72. The number of hydrogen-bond donors (Lipinski definition) is 1. The van der Waals surface area contributed by atoms with Gasteiger partial charge in [-0.05, 0) is 29.8 Å². The molecule has 1 N–H and O–H groups in total. The van der Waals surface area contributed by atoms with E-state index in [1.54, 1.807) is 18.2 Å². The predicted octanol–water partition coefficient (Wildman–Crippen LogP) is 3.69. The van der Waals surface area contributed by atoms with E-state index in [0.29, 0.717) is 23.1 Å². The van der Waals surface area contributed by atoms with E-state index in [1.165, 1.54) is 31.4 Å². The second-order valence-corrected chi connectivity index (χ2v) is 10.1. The van der Waals surface area contributed by atoms with Gasteiger partial charge in [0, 0.05) is 11.8 Å². The molecule has 2 heterocycles. The summed E-state index contributed by atoms with van der Waals surface area (Å²) in [6, 6.07) is 9.12. The van der Waals surface area contributed by atoms with E-state index in [4.69, 9.17) is 26.5 Å². The van der Waals surface area contributed by atoms with E-state index in [9.17, 15) is 17.6 Å². The number of rotatable bonds is 5. The van der Waals surface area contributed by atoms with E-state index in [1.807, 2.05) is 0 Å². The zero-order valence-electron chi connectivity index (χ0n) is 17.7. The van der Waals surface area contributed by atoms with Crippen molar-refractivity contribution in [2.24, 2.45) is 9.39 Å². The highest BCUT2D eigenvalue weighted by molar-refractivity contribution is 8.16. The van der Waals surface area contributed by atoms with Crippen LogP contribution in [0.2, 0.25) is 5.02 Å². The summed E-state index contributed by atoms with van der Waals surface area (Å²) < 4.78 is 52.8. The van der Waals surface area contributed by atoms with Crippen LogP contribution in [0.25, 0.3) is 6.08 Å². The van der Waals surface area contributed by atoms with Crippen molar-refractivity contribution >= 4 is 61.5 Å². The van der Waals surface area contributed by atoms with Gasteiger partial charge in [-0.1, -0.05) is 29.8 Å². The van der Waals surface area contributed by atoms with Crippen LogP contribution < -0.4 is 9.47 Å². The van der Waals surface area contributed by atoms with Crippen LogP contribution in [0.4, 0.5) is 4.39 Å². The van der Waals surface area contributed by atoms with Crippen molar-refractivity contribution in [3.63, 3.8) is 0 Å². The van der Waals surface area contributed by atoms with Crippen LogP contribution in [-0.4, -0.2) is 48.8 Å². The molecule has 0 saturated carbocycles. The summed E-state index contributed by atoms with van der Waals surface area (Å²) in [5.74, 6) is -1.17. The van der Waals surface area contributed by atoms with Gasteiger partial charge in [0.25, 0.3) is 5.91 Å². The Morgan fingerprint density at radius 3 is 2.71 bits per heavy atom. The third-order valence-corrected chi connectivity index (χ3v) is 6.75. The lowest BCUT2D eigenvalue weighted by Crippen LogP contribution is -2.45. The number of carbonyl (C=O) groups is 1. The lowest BCUT2D eigenvalue weighted by molar-refractivity contribution is -0.114. The molecule has 0 saturated heterocycles. The summed E-state index contributed by atoms with van der Waals surface area (Å²) in [4.78, 5) is 17.4. The third kappa shape index (κ3) is 4.56. The van der Waals surface area contributed by atoms with Crippen molar-refractivity contribution in [1.29, 1.82) is 5.41 Å². The van der Waals surface area contributed by atoms with E-state index in [-0.39, 0.29) is 44.9 Å². The van der Waals surface area contributed by atoms with Gasteiger partial charge in [0.2, 0.25) is 20.2 Å². The summed E-state index contributed by atoms with van der Waals surface area (Å²) in [5.41, 5.74) is 0.533. The van der Waals surface area contributed by atoms with E-state index >= 15 is 0 Å². The summed E-state index contributed by atoms with van der Waals surface area (Å²) in [5, 5.41) is 8.14. The van der Waals surface area contributed by atoms with Gasteiger partial charge in [-0.15, -0.1) is 0 Å². The first-order chi connectivity index (χ1) is 16.1. The fraction of sp³-hybridized carbons (Fsp3) is 0.143. The van der Waals surface area contributed by atoms with Crippen LogP contribution in [0.5, 0.6) is 11.5 Å². The first kappa shape index (κ1) is 23.9. The predicted molar refractivity (Wildman–Crippen MR) is 129 cm³/mol. The number of aliphatic imine (C=N–C) groups is 1. The van der Waals surface area contributed by atoms with Crippen LogP contribution in [0.3, 0.4) is 0 Å². The molecule has 0 fully saturated rings. The van der Waals surface area contributed by atoms with Crippen molar-refractivity contribution in [1.82, 2.24) is 4.90 Å². The fourth-order valence-corrected chi connectivity index (χ4v) is 5.25. The van der Waals surface area contributed by atoms with Gasteiger partial charge in [-0.3, -0.25) is 10.2 Å². The Hall–Kier alpha value is -3.22. The Morgan fingerprint density at radius 2 is 2.03 bits per heavy atom. The molecule has 0 spiro atoms. The molecule has 0 atom stereocenters. The molecule has 13 heteroatoms. The number of fused-ring (bicyclic) bond motifs is 1. The number of amidine groups is 3. The Morgan fingerprint density at radius 1 is 1.29 bits per heavy atom. The van der Waals surface area contributed by atoms with Gasteiger partial charge in [0.1, 0.15) is 18.3 Å². The average molecular weight is 523 g/mol. The molecular weight excluding hydrogens is 507 g/mol. The molecule has 2 aliphatic heterocycles. The number of benzene rings is 2. The first-order valence-electron chi connectivity index (χ1n) is 9.52. The Balaban J connectivity index is 1.66. The number of sulfone groups is 1. The standard InChI is InChI=1S/C21H16ClFN4O5S2/c1-31-16-9-11(8-14(22)17(16)32-10-12-5-3-4-6-15(12)23)7-13-18(24)27-20(25-19(13)28)33-26-21(27)34(2,29)30/h3-9,24H,10H2,1-2H3/b13-7-,24-18?. The van der Waals surface area contributed by atoms with Crippen molar-refractivity contribution in [2.75, 3.05) is 13.4 Å². The Kier molecular flexibility index (Phi) is 6.47. The minimum Gasteiger partial charge on any atom is -0.493 e. The molecule has 34 heavy (non-hydrogen) atoms. The SMILES string of the molecule is COc1cc(/C=C2/C(=N)N3C(=NC2=O)SN=C3S(C)(=O)=O)cc(Cl)c1OCc1ccccc1F. The highest BCUT2D eigenvalue weighted by Gasteiger charge is 2.41. The molecule has 0 radical (unpaired) electrons. The van der Waals surface area contributed by atoms with Crippen molar-refractivity contribution in [2.45, 2.75) is 6.61 Å². The molecule has 2 aromatic rings. The number of ether oxygens (including phenoxy) is 2. The van der Waals surface area contributed by atoms with Crippen LogP contribution in [0.15, 0.2) is 51.4 Å². The van der Waals surface area contributed by atoms with Gasteiger partial charge in [-0.2, -0.15) is 9.39 Å². The number of halogens is 2. The van der Waals surface area contributed by atoms with Crippen LogP contribution in [-0.2, 0) is 21.2 Å². The lowest BCUT2D eigenvalue weighted by Gasteiger charge is -2.24. The molecule has 0 aromatic heterocycles. The number of amides is 1. The largest absolute Gasteiger partial charge is 0.493 e. The topological polar surface area (TPSA) is 121 Å². The van der Waals surface area contributed by atoms with Crippen molar-refractivity contribution in [3.05, 3.63) is 63.9 Å². The smallest absolute Gasteiger partial charge is 0.283 e. The van der Waals surface area contributed by atoms with E-state index in [0.717, 1.165) is 11.2 Å². The van der Waals surface area contributed by atoms with Crippen LogP contribution in [0, 0.1) is 11.2 Å². The first-order valence-corrected chi connectivity index (χ1v) is 12.6. The van der Waals surface area contributed by atoms with Gasteiger partial charge in [0.05, 0.1) is 29.7 Å². The maximum Gasteiger partial charge on any atom is 0.283 e. The highest BCUT2D eigenvalue weighted by Crippen LogP contribution is 2.38. The maximum absolute atomic E-state index is 13.9. The quantitative estimate of drug-likeness (QED) is 0.469. The summed E-state index contributed by atoms with van der Waals surface area (Å²) in [6.45, 7) is -0.0932. The molecule has 0 aliphatic carbocycles. The maximum atomic E-state index is 13.9. The molecule has 1 amide bonds. The fourth-order valence-electron chi connectivity index (χ4n) is 3.13. The second-order valence-electron chi connectivity index (χ2n) is 7.09. The molecule has 9 nitrogen and oxygen atoms in total. The van der Waals surface area contributed by atoms with Gasteiger partial charge >= 0.3 is 0 Å². The zero-order chi connectivity index (χ0) is 24.6. The van der Waals surface area contributed by atoms with Crippen molar-refractivity contribution in [3.8, 4) is 11.5 Å². The summed E-state index contributed by atoms with van der Waals surface area (Å²) in [6.07, 6.45) is 2.29. The molecular formula is C21H16ClFN4O5S2. The number of nitrogens with zero attached hydrogens (tertiary/aromatic N) is 3. The Labute approximate surface area is 203 Å². The normalized spacial score (nSPS) is 16.9. The number of methoxy groups -OCH3 is 1. The average Bonchev–Trinajstić information content (AvgIpc) is 3.21. The number of carbonyl (C=O) groups excluding carboxylic acids is 1. The zero-order valence-corrected chi connectivity index (χ0v) is 20.1. The van der Waals surface area contributed by atoms with Crippen LogP contribution >= 0.6 is 23.5 Å². The summed E-state index contributed by atoms with van der Waals surface area (Å²) >= 11 is 7.08. The molecule has 2 aliphatic rings. The van der Waals surface area contributed by atoms with E-state index in [2.05, 4.69) is 9.39 Å². The molecule has 0 bridgehead atoms. The molecule has 0 unspecified atom stereocenters. The van der Waals surface area contributed by atoms with Gasteiger partial charge in [0.15, 0.2) is 11.5 Å². The van der Waals surface area contributed by atoms with Crippen LogP contribution in [0.1, 0.15) is 11.1 Å². The number of hydrogen-bond acceptors (Lipinski definition) is 8. The molecule has 176 valence electrons. The van der Waals surface area contributed by atoms with Gasteiger partial charge < -0.3 is 9.47 Å². The minimum absolute atomic E-state index is 0.0138. The van der Waals surface area contributed by atoms with Gasteiger partial charge in [-0.25, -0.2) is 17.7 Å². The molecule has 2 aromatic carbocycles.